The van der Waals surface area contributed by atoms with Gasteiger partial charge in [0.05, 0.1) is 6.61 Å². The number of aromatic nitrogens is 1. The van der Waals surface area contributed by atoms with Crippen molar-refractivity contribution in [3.63, 3.8) is 0 Å². The standard InChI is InChI=1S/C19H23ClN2O/c20-19-5-3-16(4-6-19)14-23-15-17-7-10-22(11-8-17)13-18-2-1-9-21-12-18/h1-6,9,12,17H,7-8,10-11,13-15H2. The van der Waals surface area contributed by atoms with Crippen LogP contribution in [-0.4, -0.2) is 29.6 Å². The lowest BCUT2D eigenvalue weighted by Crippen LogP contribution is -2.34. The van der Waals surface area contributed by atoms with Crippen LogP contribution in [0.15, 0.2) is 48.8 Å². The van der Waals surface area contributed by atoms with Gasteiger partial charge in [0, 0.05) is 30.6 Å². The average molecular weight is 331 g/mol. The molecule has 2 heterocycles. The maximum absolute atomic E-state index is 5.89. The first-order valence-corrected chi connectivity index (χ1v) is 8.61. The normalized spacial score (nSPS) is 16.6. The Balaban J connectivity index is 1.35. The number of nitrogens with zero attached hydrogens (tertiary/aromatic N) is 2. The minimum Gasteiger partial charge on any atom is -0.376 e. The van der Waals surface area contributed by atoms with Crippen LogP contribution in [0.5, 0.6) is 0 Å². The number of piperidine rings is 1. The highest BCUT2D eigenvalue weighted by Gasteiger charge is 2.19. The molecule has 0 saturated carbocycles. The summed E-state index contributed by atoms with van der Waals surface area (Å²) in [5.74, 6) is 0.674. The smallest absolute Gasteiger partial charge is 0.0717 e. The van der Waals surface area contributed by atoms with Crippen LogP contribution in [-0.2, 0) is 17.9 Å². The van der Waals surface area contributed by atoms with Crippen LogP contribution in [0.4, 0.5) is 0 Å². The maximum Gasteiger partial charge on any atom is 0.0717 e. The van der Waals surface area contributed by atoms with Gasteiger partial charge in [-0.15, -0.1) is 0 Å². The fourth-order valence-corrected chi connectivity index (χ4v) is 3.11. The molecule has 4 heteroatoms. The van der Waals surface area contributed by atoms with Crippen LogP contribution in [0.3, 0.4) is 0 Å². The van der Waals surface area contributed by atoms with Gasteiger partial charge in [-0.05, 0) is 61.2 Å². The molecule has 0 amide bonds. The highest BCUT2D eigenvalue weighted by atomic mass is 35.5. The largest absolute Gasteiger partial charge is 0.376 e. The topological polar surface area (TPSA) is 25.4 Å². The Labute approximate surface area is 143 Å². The molecule has 2 aromatic rings. The molecule has 3 nitrogen and oxygen atoms in total. The van der Waals surface area contributed by atoms with Crippen LogP contribution in [0.25, 0.3) is 0 Å². The Hall–Kier alpha value is -1.42. The second-order valence-electron chi connectivity index (χ2n) is 6.22. The van der Waals surface area contributed by atoms with E-state index in [4.69, 9.17) is 16.3 Å². The third kappa shape index (κ3) is 5.31. The van der Waals surface area contributed by atoms with E-state index in [9.17, 15) is 0 Å². The van der Waals surface area contributed by atoms with Crippen molar-refractivity contribution < 1.29 is 4.74 Å². The van der Waals surface area contributed by atoms with Gasteiger partial charge in [0.1, 0.15) is 0 Å². The van der Waals surface area contributed by atoms with Gasteiger partial charge < -0.3 is 4.74 Å². The summed E-state index contributed by atoms with van der Waals surface area (Å²) < 4.78 is 5.88. The lowest BCUT2D eigenvalue weighted by atomic mass is 9.97. The predicted molar refractivity (Wildman–Crippen MR) is 93.3 cm³/mol. The van der Waals surface area contributed by atoms with Crippen LogP contribution in [0, 0.1) is 5.92 Å². The van der Waals surface area contributed by atoms with Gasteiger partial charge >= 0.3 is 0 Å². The molecule has 0 unspecified atom stereocenters. The average Bonchev–Trinajstić information content (AvgIpc) is 2.59. The third-order valence-electron chi connectivity index (χ3n) is 4.37. The first-order chi connectivity index (χ1) is 11.3. The molecule has 23 heavy (non-hydrogen) atoms. The van der Waals surface area contributed by atoms with Crippen molar-refractivity contribution in [1.29, 1.82) is 0 Å². The molecular formula is C19H23ClN2O. The molecule has 3 rings (SSSR count). The van der Waals surface area contributed by atoms with E-state index >= 15 is 0 Å². The molecule has 1 aromatic heterocycles. The fraction of sp³-hybridized carbons (Fsp3) is 0.421. The summed E-state index contributed by atoms with van der Waals surface area (Å²) in [6.07, 6.45) is 6.21. The zero-order chi connectivity index (χ0) is 15.9. The molecule has 0 radical (unpaired) electrons. The summed E-state index contributed by atoms with van der Waals surface area (Å²) in [4.78, 5) is 6.69. The van der Waals surface area contributed by atoms with E-state index in [1.165, 1.54) is 24.0 Å². The van der Waals surface area contributed by atoms with Gasteiger partial charge in [-0.3, -0.25) is 9.88 Å². The molecule has 0 spiro atoms. The fourth-order valence-electron chi connectivity index (χ4n) is 2.99. The SMILES string of the molecule is Clc1ccc(COCC2CCN(Cc3cccnc3)CC2)cc1. The maximum atomic E-state index is 5.89. The minimum atomic E-state index is 0.674. The lowest BCUT2D eigenvalue weighted by Gasteiger charge is -2.31. The molecule has 0 aliphatic carbocycles. The van der Waals surface area contributed by atoms with E-state index in [1.54, 1.807) is 0 Å². The second-order valence-corrected chi connectivity index (χ2v) is 6.66. The van der Waals surface area contributed by atoms with E-state index in [0.717, 1.165) is 31.3 Å². The van der Waals surface area contributed by atoms with Gasteiger partial charge in [0.15, 0.2) is 0 Å². The Morgan fingerprint density at radius 1 is 1.09 bits per heavy atom. The number of pyridine rings is 1. The Kier molecular flexibility index (Phi) is 6.03. The Bertz CT molecular complexity index is 580. The molecule has 0 N–H and O–H groups in total. The van der Waals surface area contributed by atoms with Crippen LogP contribution < -0.4 is 0 Å². The third-order valence-corrected chi connectivity index (χ3v) is 4.62. The van der Waals surface area contributed by atoms with E-state index < -0.39 is 0 Å². The van der Waals surface area contributed by atoms with Gasteiger partial charge in [-0.2, -0.15) is 0 Å². The molecule has 1 saturated heterocycles. The highest BCUT2D eigenvalue weighted by molar-refractivity contribution is 6.30. The predicted octanol–water partition coefficient (Wildman–Crippen LogP) is 4.16. The second kappa shape index (κ2) is 8.44. The first-order valence-electron chi connectivity index (χ1n) is 8.23. The number of ether oxygens (including phenoxy) is 1. The van der Waals surface area contributed by atoms with Crippen LogP contribution in [0.2, 0.25) is 5.02 Å². The van der Waals surface area contributed by atoms with E-state index in [-0.39, 0.29) is 0 Å². The van der Waals surface area contributed by atoms with Crippen molar-refractivity contribution in [2.24, 2.45) is 5.92 Å². The number of rotatable bonds is 6. The molecular weight excluding hydrogens is 308 g/mol. The van der Waals surface area contributed by atoms with Crippen molar-refractivity contribution in [2.75, 3.05) is 19.7 Å². The first kappa shape index (κ1) is 16.4. The number of halogens is 1. The lowest BCUT2D eigenvalue weighted by molar-refractivity contribution is 0.0562. The Morgan fingerprint density at radius 3 is 2.57 bits per heavy atom. The minimum absolute atomic E-state index is 0.674. The zero-order valence-electron chi connectivity index (χ0n) is 13.3. The van der Waals surface area contributed by atoms with Crippen LogP contribution in [0.1, 0.15) is 24.0 Å². The highest BCUT2D eigenvalue weighted by Crippen LogP contribution is 2.20. The van der Waals surface area contributed by atoms with Gasteiger partial charge in [-0.1, -0.05) is 29.8 Å². The van der Waals surface area contributed by atoms with Crippen molar-refractivity contribution in [3.05, 3.63) is 64.9 Å². The van der Waals surface area contributed by atoms with Crippen molar-refractivity contribution in [1.82, 2.24) is 9.88 Å². The summed E-state index contributed by atoms with van der Waals surface area (Å²) >= 11 is 5.89. The van der Waals surface area contributed by atoms with Gasteiger partial charge in [0.2, 0.25) is 0 Å². The van der Waals surface area contributed by atoms with E-state index in [1.807, 2.05) is 42.7 Å². The van der Waals surface area contributed by atoms with Crippen LogP contribution >= 0.6 is 11.6 Å². The summed E-state index contributed by atoms with van der Waals surface area (Å²) in [7, 11) is 0. The zero-order valence-corrected chi connectivity index (χ0v) is 14.1. The van der Waals surface area contributed by atoms with Crippen molar-refractivity contribution >= 4 is 11.6 Å². The number of likely N-dealkylation sites (tertiary alicyclic amines) is 1. The van der Waals surface area contributed by atoms with Crippen molar-refractivity contribution in [3.8, 4) is 0 Å². The monoisotopic (exact) mass is 330 g/mol. The molecule has 1 aromatic carbocycles. The molecule has 0 atom stereocenters. The summed E-state index contributed by atoms with van der Waals surface area (Å²) in [5, 5.41) is 0.773. The number of hydrogen-bond acceptors (Lipinski definition) is 3. The number of hydrogen-bond donors (Lipinski definition) is 0. The number of benzene rings is 1. The van der Waals surface area contributed by atoms with E-state index in [2.05, 4.69) is 16.0 Å². The van der Waals surface area contributed by atoms with Gasteiger partial charge in [0.25, 0.3) is 0 Å². The molecule has 1 fully saturated rings. The molecule has 0 bridgehead atoms. The Morgan fingerprint density at radius 2 is 1.87 bits per heavy atom. The van der Waals surface area contributed by atoms with Crippen molar-refractivity contribution in [2.45, 2.75) is 26.0 Å². The summed E-state index contributed by atoms with van der Waals surface area (Å²) in [6.45, 7) is 4.82. The molecule has 122 valence electrons. The summed E-state index contributed by atoms with van der Waals surface area (Å²) in [5.41, 5.74) is 2.48. The summed E-state index contributed by atoms with van der Waals surface area (Å²) in [6, 6.07) is 12.0. The van der Waals surface area contributed by atoms with E-state index in [0.29, 0.717) is 12.5 Å². The molecule has 1 aliphatic rings. The molecule has 1 aliphatic heterocycles. The quantitative estimate of drug-likeness (QED) is 0.795. The van der Waals surface area contributed by atoms with Gasteiger partial charge in [-0.25, -0.2) is 0 Å².